The zero-order valence-corrected chi connectivity index (χ0v) is 22.6. The molecule has 0 radical (unpaired) electrons. The van der Waals surface area contributed by atoms with Crippen LogP contribution in [0.5, 0.6) is 0 Å². The molecule has 6 rings (SSSR count). The van der Waals surface area contributed by atoms with E-state index in [1.807, 2.05) is 25.1 Å². The topological polar surface area (TPSA) is 108 Å². The number of anilines is 1. The Morgan fingerprint density at radius 3 is 2.48 bits per heavy atom. The summed E-state index contributed by atoms with van der Waals surface area (Å²) in [7, 11) is 3.78. The average Bonchev–Trinajstić information content (AvgIpc) is 3.69. The van der Waals surface area contributed by atoms with Crippen LogP contribution < -0.4 is 4.90 Å². The number of aliphatic hydroxyl groups is 1. The fraction of sp³-hybridized carbons (Fsp3) is 0.414. The van der Waals surface area contributed by atoms with Crippen LogP contribution in [0.3, 0.4) is 0 Å². The zero-order valence-electron chi connectivity index (χ0n) is 22.6. The number of nitrogens with zero attached hydrogens (tertiary/aromatic N) is 6. The van der Waals surface area contributed by atoms with Gasteiger partial charge in [-0.3, -0.25) is 0 Å². The Bertz CT molecular complexity index is 1480. The van der Waals surface area contributed by atoms with E-state index in [2.05, 4.69) is 25.0 Å². The van der Waals surface area contributed by atoms with Gasteiger partial charge in [-0.2, -0.15) is 4.98 Å². The van der Waals surface area contributed by atoms with E-state index in [1.54, 1.807) is 6.07 Å². The number of aromatic nitrogens is 4. The molecule has 2 aliphatic rings. The minimum atomic E-state index is -0.402. The monoisotopic (exact) mass is 550 g/mol. The Kier molecular flexibility index (Phi) is 8.41. The van der Waals surface area contributed by atoms with Crippen molar-refractivity contribution in [2.45, 2.75) is 44.1 Å². The van der Waals surface area contributed by atoms with Gasteiger partial charge in [0, 0.05) is 48.0 Å². The standard InChI is InChI=1S/C27H28F2N6O.C2H4O2/c1-34(2)14-19-6-5-18(11-23(19)29)21-12-20(28)13-22-24(21)30-15-31-26(22)35-9-7-16(8-10-35)25-32-27(36-33-25)17-3-4-17;3-1-2-4/h5-6,11-13,15-17H,3-4,7-10,14H2,1-2H3;1,4H,2H2. The van der Waals surface area contributed by atoms with E-state index in [0.29, 0.717) is 52.2 Å². The van der Waals surface area contributed by atoms with Crippen LogP contribution in [-0.4, -0.2) is 70.2 Å². The number of benzene rings is 2. The van der Waals surface area contributed by atoms with Crippen LogP contribution in [0.4, 0.5) is 14.6 Å². The normalized spacial score (nSPS) is 15.8. The van der Waals surface area contributed by atoms with Gasteiger partial charge in [-0.1, -0.05) is 17.3 Å². The number of aliphatic hydroxyl groups excluding tert-OH is 1. The molecular weight excluding hydrogens is 518 g/mol. The SMILES string of the molecule is CN(C)Cc1ccc(-c2cc(F)cc3c(N4CCC(c5noc(C6CC6)n5)CC4)ncnc23)cc1F.O=CCO. The van der Waals surface area contributed by atoms with Crippen molar-refractivity contribution in [3.05, 3.63) is 65.6 Å². The van der Waals surface area contributed by atoms with Gasteiger partial charge >= 0.3 is 0 Å². The molecule has 2 aromatic carbocycles. The minimum Gasteiger partial charge on any atom is -0.389 e. The van der Waals surface area contributed by atoms with Gasteiger partial charge in [0.05, 0.1) is 12.1 Å². The van der Waals surface area contributed by atoms with Crippen molar-refractivity contribution in [3.63, 3.8) is 0 Å². The molecule has 1 aliphatic heterocycles. The summed E-state index contributed by atoms with van der Waals surface area (Å²) >= 11 is 0. The maximum atomic E-state index is 14.8. The largest absolute Gasteiger partial charge is 0.389 e. The van der Waals surface area contributed by atoms with E-state index < -0.39 is 5.82 Å². The number of rotatable bonds is 7. The highest BCUT2D eigenvalue weighted by Gasteiger charge is 2.32. The Morgan fingerprint density at radius 2 is 1.82 bits per heavy atom. The predicted molar refractivity (Wildman–Crippen MR) is 146 cm³/mol. The van der Waals surface area contributed by atoms with Gasteiger partial charge in [0.25, 0.3) is 0 Å². The van der Waals surface area contributed by atoms with E-state index in [4.69, 9.17) is 14.4 Å². The van der Waals surface area contributed by atoms with Crippen LogP contribution in [0.25, 0.3) is 22.0 Å². The summed E-state index contributed by atoms with van der Waals surface area (Å²) in [4.78, 5) is 26.6. The summed E-state index contributed by atoms with van der Waals surface area (Å²) in [6.07, 6.45) is 5.91. The zero-order chi connectivity index (χ0) is 28.2. The number of carbonyl (C=O) groups excluding carboxylic acids is 1. The third-order valence-corrected chi connectivity index (χ3v) is 7.15. The maximum absolute atomic E-state index is 14.8. The quantitative estimate of drug-likeness (QED) is 0.334. The van der Waals surface area contributed by atoms with Crippen molar-refractivity contribution < 1.29 is 23.2 Å². The lowest BCUT2D eigenvalue weighted by Crippen LogP contribution is -2.34. The molecule has 0 amide bonds. The fourth-order valence-corrected chi connectivity index (χ4v) is 5.03. The van der Waals surface area contributed by atoms with E-state index in [0.717, 1.165) is 50.5 Å². The van der Waals surface area contributed by atoms with E-state index >= 15 is 0 Å². The fourth-order valence-electron chi connectivity index (χ4n) is 5.03. The number of hydrogen-bond acceptors (Lipinski definition) is 9. The molecular formula is C29H32F2N6O3. The molecule has 3 heterocycles. The van der Waals surface area contributed by atoms with Gasteiger partial charge in [-0.15, -0.1) is 0 Å². The molecule has 1 aliphatic carbocycles. The first-order valence-electron chi connectivity index (χ1n) is 13.4. The van der Waals surface area contributed by atoms with Gasteiger partial charge < -0.3 is 24.2 Å². The van der Waals surface area contributed by atoms with E-state index in [-0.39, 0.29) is 18.3 Å². The highest BCUT2D eigenvalue weighted by molar-refractivity contribution is 5.99. The van der Waals surface area contributed by atoms with Crippen LogP contribution in [0, 0.1) is 11.6 Å². The summed E-state index contributed by atoms with van der Waals surface area (Å²) in [6.45, 7) is 1.61. The van der Waals surface area contributed by atoms with Gasteiger partial charge in [-0.05, 0) is 63.5 Å². The molecule has 9 nitrogen and oxygen atoms in total. The first kappa shape index (κ1) is 27.7. The molecule has 1 saturated carbocycles. The Labute approximate surface area is 230 Å². The van der Waals surface area contributed by atoms with E-state index in [1.165, 1.54) is 24.5 Å². The number of fused-ring (bicyclic) bond motifs is 1. The van der Waals surface area contributed by atoms with Crippen LogP contribution in [0.2, 0.25) is 0 Å². The van der Waals surface area contributed by atoms with Crippen molar-refractivity contribution >= 4 is 23.0 Å². The van der Waals surface area contributed by atoms with Crippen molar-refractivity contribution in [2.75, 3.05) is 38.7 Å². The highest BCUT2D eigenvalue weighted by atomic mass is 19.1. The third kappa shape index (κ3) is 6.15. The van der Waals surface area contributed by atoms with Crippen molar-refractivity contribution in [3.8, 4) is 11.1 Å². The van der Waals surface area contributed by atoms with E-state index in [9.17, 15) is 8.78 Å². The van der Waals surface area contributed by atoms with Crippen molar-refractivity contribution in [1.82, 2.24) is 25.0 Å². The maximum Gasteiger partial charge on any atom is 0.229 e. The lowest BCUT2D eigenvalue weighted by Gasteiger charge is -2.32. The molecule has 11 heteroatoms. The van der Waals surface area contributed by atoms with Crippen LogP contribution in [-0.2, 0) is 11.3 Å². The molecule has 40 heavy (non-hydrogen) atoms. The lowest BCUT2D eigenvalue weighted by molar-refractivity contribution is -0.110. The van der Waals surface area contributed by atoms with Gasteiger partial charge in [0.1, 0.15) is 30.1 Å². The number of piperidine rings is 1. The Morgan fingerprint density at radius 1 is 1.07 bits per heavy atom. The summed E-state index contributed by atoms with van der Waals surface area (Å²) < 4.78 is 35.1. The molecule has 4 aromatic rings. The molecule has 1 N–H and O–H groups in total. The third-order valence-electron chi connectivity index (χ3n) is 7.15. The average molecular weight is 551 g/mol. The highest BCUT2D eigenvalue weighted by Crippen LogP contribution is 2.40. The molecule has 1 saturated heterocycles. The first-order chi connectivity index (χ1) is 19.4. The molecule has 0 bridgehead atoms. The van der Waals surface area contributed by atoms with Gasteiger partial charge in [-0.25, -0.2) is 18.7 Å². The number of aldehydes is 1. The van der Waals surface area contributed by atoms with Gasteiger partial charge in [0.15, 0.2) is 5.82 Å². The molecule has 2 aromatic heterocycles. The van der Waals surface area contributed by atoms with Crippen LogP contribution in [0.1, 0.15) is 54.8 Å². The van der Waals surface area contributed by atoms with Crippen molar-refractivity contribution in [1.29, 1.82) is 0 Å². The molecule has 0 spiro atoms. The summed E-state index contributed by atoms with van der Waals surface area (Å²) in [5.41, 5.74) is 2.34. The summed E-state index contributed by atoms with van der Waals surface area (Å²) in [5.74, 6) is 2.21. The van der Waals surface area contributed by atoms with Crippen LogP contribution in [0.15, 0.2) is 41.2 Å². The smallest absolute Gasteiger partial charge is 0.229 e. The number of carbonyl (C=O) groups is 1. The lowest BCUT2D eigenvalue weighted by atomic mass is 9.95. The Balaban J connectivity index is 0.000000758. The van der Waals surface area contributed by atoms with Crippen molar-refractivity contribution in [2.24, 2.45) is 0 Å². The number of halogens is 2. The Hall–Kier alpha value is -3.83. The minimum absolute atomic E-state index is 0.238. The second kappa shape index (κ2) is 12.1. The summed E-state index contributed by atoms with van der Waals surface area (Å²) in [5, 5.41) is 12.4. The predicted octanol–water partition coefficient (Wildman–Crippen LogP) is 4.46. The first-order valence-corrected chi connectivity index (χ1v) is 13.4. The van der Waals surface area contributed by atoms with Gasteiger partial charge in [0.2, 0.25) is 5.89 Å². The van der Waals surface area contributed by atoms with Crippen LogP contribution >= 0.6 is 0 Å². The number of hydrogen-bond donors (Lipinski definition) is 1. The summed E-state index contributed by atoms with van der Waals surface area (Å²) in [6, 6.07) is 7.92. The molecule has 2 fully saturated rings. The second-order valence-corrected chi connectivity index (χ2v) is 10.5. The molecule has 0 unspecified atom stereocenters. The molecule has 210 valence electrons. The second-order valence-electron chi connectivity index (χ2n) is 10.5. The molecule has 0 atom stereocenters.